The number of rotatable bonds is 2. The highest BCUT2D eigenvalue weighted by molar-refractivity contribution is 5.72. The summed E-state index contributed by atoms with van der Waals surface area (Å²) in [5.41, 5.74) is 3.93. The van der Waals surface area contributed by atoms with E-state index in [0.29, 0.717) is 0 Å². The third-order valence-corrected chi connectivity index (χ3v) is 2.76. The van der Waals surface area contributed by atoms with E-state index in [0.717, 1.165) is 25.3 Å². The first-order valence-corrected chi connectivity index (χ1v) is 6.36. The summed E-state index contributed by atoms with van der Waals surface area (Å²) < 4.78 is 5.39. The van der Waals surface area contributed by atoms with Gasteiger partial charge in [-0.3, -0.25) is 0 Å². The molecule has 0 unspecified atom stereocenters. The summed E-state index contributed by atoms with van der Waals surface area (Å²) in [6.07, 6.45) is 3.33. The normalized spacial score (nSPS) is 14.5. The zero-order valence-corrected chi connectivity index (χ0v) is 11.3. The Hall–Kier alpha value is -1.28. The average molecular weight is 233 g/mol. The summed E-state index contributed by atoms with van der Waals surface area (Å²) in [6, 6.07) is 6.34. The Bertz CT molecular complexity index is 383. The summed E-state index contributed by atoms with van der Waals surface area (Å²) in [5, 5.41) is 3.32. The molecule has 1 aliphatic heterocycles. The molecule has 0 amide bonds. The van der Waals surface area contributed by atoms with Gasteiger partial charge in [-0.05, 0) is 37.6 Å². The third kappa shape index (κ3) is 3.60. The Morgan fingerprint density at radius 1 is 1.24 bits per heavy atom. The van der Waals surface area contributed by atoms with Crippen molar-refractivity contribution in [2.24, 2.45) is 0 Å². The summed E-state index contributed by atoms with van der Waals surface area (Å²) in [4.78, 5) is 0. The van der Waals surface area contributed by atoms with E-state index in [4.69, 9.17) is 4.74 Å². The van der Waals surface area contributed by atoms with E-state index in [1.54, 1.807) is 7.11 Å². The van der Waals surface area contributed by atoms with Gasteiger partial charge >= 0.3 is 0 Å². The monoisotopic (exact) mass is 233 g/mol. The van der Waals surface area contributed by atoms with E-state index in [1.807, 2.05) is 19.9 Å². The van der Waals surface area contributed by atoms with Crippen molar-refractivity contribution in [3.63, 3.8) is 0 Å². The van der Waals surface area contributed by atoms with Gasteiger partial charge in [0.25, 0.3) is 0 Å². The molecule has 1 aromatic rings. The van der Waals surface area contributed by atoms with E-state index in [-0.39, 0.29) is 0 Å². The number of hydrogen-bond acceptors (Lipinski definition) is 2. The second kappa shape index (κ2) is 7.13. The molecule has 0 spiro atoms. The summed E-state index contributed by atoms with van der Waals surface area (Å²) in [6.45, 7) is 8.14. The van der Waals surface area contributed by atoms with Crippen LogP contribution < -0.4 is 10.1 Å². The van der Waals surface area contributed by atoms with Crippen molar-refractivity contribution in [2.75, 3.05) is 20.2 Å². The second-order valence-electron chi connectivity index (χ2n) is 3.89. The highest BCUT2D eigenvalue weighted by Gasteiger charge is 2.10. The molecule has 1 aliphatic rings. The van der Waals surface area contributed by atoms with Gasteiger partial charge in [-0.2, -0.15) is 0 Å². The smallest absolute Gasteiger partial charge is 0.126 e. The minimum atomic E-state index is 0.965. The summed E-state index contributed by atoms with van der Waals surface area (Å²) >= 11 is 0. The van der Waals surface area contributed by atoms with E-state index >= 15 is 0 Å². The third-order valence-electron chi connectivity index (χ3n) is 2.76. The molecule has 1 aromatic carbocycles. The van der Waals surface area contributed by atoms with Crippen LogP contribution in [0.5, 0.6) is 5.75 Å². The van der Waals surface area contributed by atoms with Crippen molar-refractivity contribution >= 4 is 5.57 Å². The highest BCUT2D eigenvalue weighted by atomic mass is 16.5. The maximum Gasteiger partial charge on any atom is 0.126 e. The standard InChI is InChI=1S/C13H17NO.C2H6/c1-10-3-4-13(15-2)12(9-10)11-5-7-14-8-6-11;1-2/h3-5,9,14H,6-8H2,1-2H3;1-2H3. The fourth-order valence-electron chi connectivity index (χ4n) is 1.94. The molecule has 0 atom stereocenters. The van der Waals surface area contributed by atoms with Crippen molar-refractivity contribution in [1.82, 2.24) is 5.32 Å². The maximum atomic E-state index is 5.39. The summed E-state index contributed by atoms with van der Waals surface area (Å²) in [7, 11) is 1.73. The van der Waals surface area contributed by atoms with E-state index < -0.39 is 0 Å². The van der Waals surface area contributed by atoms with Crippen LogP contribution in [0.3, 0.4) is 0 Å². The molecule has 94 valence electrons. The second-order valence-corrected chi connectivity index (χ2v) is 3.89. The van der Waals surface area contributed by atoms with Crippen molar-refractivity contribution < 1.29 is 4.74 Å². The van der Waals surface area contributed by atoms with Gasteiger partial charge in [0.1, 0.15) is 5.75 Å². The molecule has 0 aliphatic carbocycles. The average Bonchev–Trinajstić information content (AvgIpc) is 2.42. The number of hydrogen-bond donors (Lipinski definition) is 1. The molecule has 0 fully saturated rings. The number of nitrogens with one attached hydrogen (secondary N) is 1. The minimum absolute atomic E-state index is 0.965. The Kier molecular flexibility index (Phi) is 5.78. The molecule has 17 heavy (non-hydrogen) atoms. The quantitative estimate of drug-likeness (QED) is 0.845. The lowest BCUT2D eigenvalue weighted by atomic mass is 9.98. The Labute approximate surface area is 105 Å². The first kappa shape index (κ1) is 13.8. The van der Waals surface area contributed by atoms with Crippen LogP contribution in [0.4, 0.5) is 0 Å². The topological polar surface area (TPSA) is 21.3 Å². The predicted molar refractivity (Wildman–Crippen MR) is 74.5 cm³/mol. The molecule has 0 aromatic heterocycles. The molecule has 2 heteroatoms. The Morgan fingerprint density at radius 2 is 2.00 bits per heavy atom. The highest BCUT2D eigenvalue weighted by Crippen LogP contribution is 2.29. The maximum absolute atomic E-state index is 5.39. The fourth-order valence-corrected chi connectivity index (χ4v) is 1.94. The van der Waals surface area contributed by atoms with Gasteiger partial charge in [-0.25, -0.2) is 0 Å². The van der Waals surface area contributed by atoms with Crippen LogP contribution in [0, 0.1) is 6.92 Å². The molecule has 1 N–H and O–H groups in total. The van der Waals surface area contributed by atoms with Gasteiger partial charge in [0.05, 0.1) is 7.11 Å². The van der Waals surface area contributed by atoms with Crippen LogP contribution in [-0.4, -0.2) is 20.2 Å². The van der Waals surface area contributed by atoms with E-state index in [1.165, 1.54) is 16.7 Å². The van der Waals surface area contributed by atoms with Gasteiger partial charge in [-0.15, -0.1) is 0 Å². The van der Waals surface area contributed by atoms with Gasteiger partial charge in [0, 0.05) is 12.1 Å². The first-order chi connectivity index (χ1) is 8.31. The first-order valence-electron chi connectivity index (χ1n) is 6.36. The zero-order valence-electron chi connectivity index (χ0n) is 11.3. The molecule has 2 nitrogen and oxygen atoms in total. The number of methoxy groups -OCH3 is 1. The molecule has 0 saturated heterocycles. The van der Waals surface area contributed by atoms with E-state index in [2.05, 4.69) is 30.4 Å². The molecular weight excluding hydrogens is 210 g/mol. The predicted octanol–water partition coefficient (Wildman–Crippen LogP) is 3.41. The van der Waals surface area contributed by atoms with Crippen molar-refractivity contribution in [1.29, 1.82) is 0 Å². The van der Waals surface area contributed by atoms with Crippen LogP contribution in [0.15, 0.2) is 24.3 Å². The molecule has 2 rings (SSSR count). The fraction of sp³-hybridized carbons (Fsp3) is 0.467. The molecule has 0 bridgehead atoms. The van der Waals surface area contributed by atoms with Crippen molar-refractivity contribution in [2.45, 2.75) is 27.2 Å². The van der Waals surface area contributed by atoms with Gasteiger partial charge in [-0.1, -0.05) is 31.6 Å². The van der Waals surface area contributed by atoms with Crippen LogP contribution in [0.25, 0.3) is 5.57 Å². The lowest BCUT2D eigenvalue weighted by molar-refractivity contribution is 0.413. The largest absolute Gasteiger partial charge is 0.496 e. The SMILES string of the molecule is CC.COc1ccc(C)cc1C1=CCNCC1. The summed E-state index contributed by atoms with van der Waals surface area (Å²) in [5.74, 6) is 0.980. The molecule has 1 heterocycles. The lowest BCUT2D eigenvalue weighted by Gasteiger charge is -2.17. The number of ether oxygens (including phenoxy) is 1. The van der Waals surface area contributed by atoms with Gasteiger partial charge in [0.2, 0.25) is 0 Å². The number of aryl methyl sites for hydroxylation is 1. The van der Waals surface area contributed by atoms with Gasteiger partial charge < -0.3 is 10.1 Å². The van der Waals surface area contributed by atoms with Crippen LogP contribution in [0.1, 0.15) is 31.4 Å². The van der Waals surface area contributed by atoms with Crippen molar-refractivity contribution in [3.8, 4) is 5.75 Å². The van der Waals surface area contributed by atoms with E-state index in [9.17, 15) is 0 Å². The Balaban J connectivity index is 0.000000686. The molecule has 0 saturated carbocycles. The minimum Gasteiger partial charge on any atom is -0.496 e. The zero-order chi connectivity index (χ0) is 12.7. The lowest BCUT2D eigenvalue weighted by Crippen LogP contribution is -2.20. The van der Waals surface area contributed by atoms with Crippen LogP contribution in [0.2, 0.25) is 0 Å². The molecular formula is C15H23NO. The Morgan fingerprint density at radius 3 is 2.59 bits per heavy atom. The van der Waals surface area contributed by atoms with Gasteiger partial charge in [0.15, 0.2) is 0 Å². The van der Waals surface area contributed by atoms with Crippen LogP contribution >= 0.6 is 0 Å². The molecule has 0 radical (unpaired) electrons. The number of benzene rings is 1. The van der Waals surface area contributed by atoms with Crippen LogP contribution in [-0.2, 0) is 0 Å². The van der Waals surface area contributed by atoms with Crippen molar-refractivity contribution in [3.05, 3.63) is 35.4 Å².